The molecule has 18 heavy (non-hydrogen) atoms. The number of morpholine rings is 1. The molecule has 1 aliphatic rings. The minimum absolute atomic E-state index is 0.00678. The number of hydrogen-bond acceptors (Lipinski definition) is 3. The van der Waals surface area contributed by atoms with Crippen molar-refractivity contribution in [3.8, 4) is 0 Å². The molecule has 0 spiro atoms. The van der Waals surface area contributed by atoms with Crippen molar-refractivity contribution in [2.75, 3.05) is 24.5 Å². The van der Waals surface area contributed by atoms with Crippen LogP contribution in [0.5, 0.6) is 0 Å². The molecular formula is C13H18F2N2O. The number of benzene rings is 1. The van der Waals surface area contributed by atoms with Crippen molar-refractivity contribution in [3.05, 3.63) is 29.8 Å². The summed E-state index contributed by atoms with van der Waals surface area (Å²) in [5.41, 5.74) is 5.13. The zero-order valence-electron chi connectivity index (χ0n) is 10.6. The molecule has 5 heteroatoms. The Morgan fingerprint density at radius 1 is 1.39 bits per heavy atom. The molecule has 0 saturated carbocycles. The van der Waals surface area contributed by atoms with Crippen LogP contribution in [0.4, 0.5) is 14.5 Å². The van der Waals surface area contributed by atoms with Crippen LogP contribution >= 0.6 is 0 Å². The Balaban J connectivity index is 2.32. The Morgan fingerprint density at radius 3 is 2.56 bits per heavy atom. The number of anilines is 1. The highest BCUT2D eigenvalue weighted by molar-refractivity contribution is 5.50. The van der Waals surface area contributed by atoms with Crippen molar-refractivity contribution in [1.82, 2.24) is 0 Å². The van der Waals surface area contributed by atoms with Crippen molar-refractivity contribution in [2.45, 2.75) is 25.6 Å². The van der Waals surface area contributed by atoms with E-state index in [-0.39, 0.29) is 11.8 Å². The number of halogens is 2. The predicted molar refractivity (Wildman–Crippen MR) is 66.6 cm³/mol. The summed E-state index contributed by atoms with van der Waals surface area (Å²) in [7, 11) is 0. The van der Waals surface area contributed by atoms with E-state index >= 15 is 0 Å². The maximum Gasteiger partial charge on any atom is 0.149 e. The fourth-order valence-electron chi connectivity index (χ4n) is 2.38. The molecule has 1 atom stereocenters. The minimum Gasteiger partial charge on any atom is -0.367 e. The molecule has 1 aromatic carbocycles. The van der Waals surface area contributed by atoms with Gasteiger partial charge in [0.1, 0.15) is 17.3 Å². The van der Waals surface area contributed by atoms with Crippen LogP contribution in [-0.4, -0.2) is 31.3 Å². The van der Waals surface area contributed by atoms with Crippen LogP contribution in [-0.2, 0) is 4.74 Å². The van der Waals surface area contributed by atoms with Crippen LogP contribution in [0.1, 0.15) is 13.8 Å². The third-order valence-corrected chi connectivity index (χ3v) is 3.00. The summed E-state index contributed by atoms with van der Waals surface area (Å²) in [5, 5.41) is 0. The largest absolute Gasteiger partial charge is 0.367 e. The zero-order chi connectivity index (χ0) is 13.3. The standard InChI is InChI=1S/C13H18F2N2O/c1-13(2)8-17(7-9(6-16)18-13)12-10(14)4-3-5-11(12)15/h3-5,9H,6-8,16H2,1-2H3. The molecule has 0 bridgehead atoms. The average Bonchev–Trinajstić information content (AvgIpc) is 2.26. The molecule has 0 amide bonds. The Hall–Kier alpha value is -1.20. The van der Waals surface area contributed by atoms with Crippen molar-refractivity contribution in [1.29, 1.82) is 0 Å². The van der Waals surface area contributed by atoms with E-state index in [2.05, 4.69) is 0 Å². The molecule has 1 aliphatic heterocycles. The zero-order valence-corrected chi connectivity index (χ0v) is 10.6. The number of rotatable bonds is 2. The van der Waals surface area contributed by atoms with Gasteiger partial charge in [-0.3, -0.25) is 0 Å². The molecule has 2 N–H and O–H groups in total. The van der Waals surface area contributed by atoms with E-state index < -0.39 is 17.2 Å². The molecular weight excluding hydrogens is 238 g/mol. The number of nitrogens with two attached hydrogens (primary N) is 1. The van der Waals surface area contributed by atoms with Crippen molar-refractivity contribution in [3.63, 3.8) is 0 Å². The Kier molecular flexibility index (Phi) is 3.54. The highest BCUT2D eigenvalue weighted by Crippen LogP contribution is 2.29. The molecule has 1 heterocycles. The molecule has 1 saturated heterocycles. The smallest absolute Gasteiger partial charge is 0.149 e. The maximum absolute atomic E-state index is 13.8. The first-order valence-corrected chi connectivity index (χ1v) is 6.00. The Bertz CT molecular complexity index is 417. The first-order valence-electron chi connectivity index (χ1n) is 6.00. The van der Waals surface area contributed by atoms with Gasteiger partial charge in [-0.25, -0.2) is 8.78 Å². The molecule has 1 aromatic rings. The van der Waals surface area contributed by atoms with Gasteiger partial charge < -0.3 is 15.4 Å². The van der Waals surface area contributed by atoms with Gasteiger partial charge in [-0.05, 0) is 26.0 Å². The van der Waals surface area contributed by atoms with Crippen LogP contribution in [0.15, 0.2) is 18.2 Å². The van der Waals surface area contributed by atoms with Crippen molar-refractivity contribution >= 4 is 5.69 Å². The van der Waals surface area contributed by atoms with Crippen LogP contribution in [0, 0.1) is 11.6 Å². The Morgan fingerprint density at radius 2 is 2.00 bits per heavy atom. The molecule has 100 valence electrons. The summed E-state index contributed by atoms with van der Waals surface area (Å²) >= 11 is 0. The van der Waals surface area contributed by atoms with Gasteiger partial charge in [0.25, 0.3) is 0 Å². The molecule has 0 aromatic heterocycles. The summed E-state index contributed by atoms with van der Waals surface area (Å²) in [6, 6.07) is 3.89. The first kappa shape index (κ1) is 13.2. The summed E-state index contributed by atoms with van der Waals surface area (Å²) in [6.45, 7) is 4.94. The van der Waals surface area contributed by atoms with E-state index in [4.69, 9.17) is 10.5 Å². The lowest BCUT2D eigenvalue weighted by Crippen LogP contribution is -2.55. The van der Waals surface area contributed by atoms with Gasteiger partial charge in [0.2, 0.25) is 0 Å². The average molecular weight is 256 g/mol. The third-order valence-electron chi connectivity index (χ3n) is 3.00. The van der Waals surface area contributed by atoms with E-state index in [1.54, 1.807) is 4.90 Å². The first-order chi connectivity index (χ1) is 8.43. The minimum atomic E-state index is -0.552. The lowest BCUT2D eigenvalue weighted by molar-refractivity contribution is -0.0790. The van der Waals surface area contributed by atoms with E-state index in [9.17, 15) is 8.78 Å². The quantitative estimate of drug-likeness (QED) is 0.878. The van der Waals surface area contributed by atoms with Gasteiger partial charge >= 0.3 is 0 Å². The van der Waals surface area contributed by atoms with Crippen LogP contribution in [0.2, 0.25) is 0 Å². The lowest BCUT2D eigenvalue weighted by atomic mass is 10.0. The van der Waals surface area contributed by atoms with Gasteiger partial charge in [0.05, 0.1) is 11.7 Å². The van der Waals surface area contributed by atoms with Gasteiger partial charge in [0.15, 0.2) is 0 Å². The van der Waals surface area contributed by atoms with Crippen LogP contribution in [0.3, 0.4) is 0 Å². The summed E-state index contributed by atoms with van der Waals surface area (Å²) in [5.74, 6) is -1.10. The van der Waals surface area contributed by atoms with E-state index in [1.807, 2.05) is 13.8 Å². The molecule has 1 fully saturated rings. The molecule has 0 aliphatic carbocycles. The van der Waals surface area contributed by atoms with Gasteiger partial charge in [-0.1, -0.05) is 6.07 Å². The SMILES string of the molecule is CC1(C)CN(c2c(F)cccc2F)CC(CN)O1. The second kappa shape index (κ2) is 4.82. The van der Waals surface area contributed by atoms with E-state index in [0.717, 1.165) is 0 Å². The fourth-order valence-corrected chi connectivity index (χ4v) is 2.38. The second-order valence-electron chi connectivity index (χ2n) is 5.19. The van der Waals surface area contributed by atoms with Crippen molar-refractivity contribution in [2.24, 2.45) is 5.73 Å². The fraction of sp³-hybridized carbons (Fsp3) is 0.538. The molecule has 0 radical (unpaired) electrons. The normalized spacial score (nSPS) is 23.2. The number of nitrogens with zero attached hydrogens (tertiary/aromatic N) is 1. The molecule has 3 nitrogen and oxygen atoms in total. The Labute approximate surface area is 106 Å². The van der Waals surface area contributed by atoms with Gasteiger partial charge in [-0.2, -0.15) is 0 Å². The molecule has 1 unspecified atom stereocenters. The topological polar surface area (TPSA) is 38.5 Å². The number of para-hydroxylation sites is 1. The summed E-state index contributed by atoms with van der Waals surface area (Å²) in [4.78, 5) is 1.67. The van der Waals surface area contributed by atoms with E-state index in [1.165, 1.54) is 18.2 Å². The van der Waals surface area contributed by atoms with E-state index in [0.29, 0.717) is 19.6 Å². The third kappa shape index (κ3) is 2.62. The summed E-state index contributed by atoms with van der Waals surface area (Å²) < 4.78 is 33.3. The highest BCUT2D eigenvalue weighted by atomic mass is 19.1. The number of ether oxygens (including phenoxy) is 1. The molecule has 2 rings (SSSR count). The predicted octanol–water partition coefficient (Wildman–Crippen LogP) is 1.91. The van der Waals surface area contributed by atoms with Gasteiger partial charge in [0, 0.05) is 19.6 Å². The lowest BCUT2D eigenvalue weighted by Gasteiger charge is -2.43. The second-order valence-corrected chi connectivity index (χ2v) is 5.19. The highest BCUT2D eigenvalue weighted by Gasteiger charge is 2.34. The van der Waals surface area contributed by atoms with Gasteiger partial charge in [-0.15, -0.1) is 0 Å². The summed E-state index contributed by atoms with van der Waals surface area (Å²) in [6.07, 6.45) is -0.215. The number of hydrogen-bond donors (Lipinski definition) is 1. The monoisotopic (exact) mass is 256 g/mol. The van der Waals surface area contributed by atoms with Crippen LogP contribution < -0.4 is 10.6 Å². The van der Waals surface area contributed by atoms with Crippen LogP contribution in [0.25, 0.3) is 0 Å². The maximum atomic E-state index is 13.8. The van der Waals surface area contributed by atoms with Crippen molar-refractivity contribution < 1.29 is 13.5 Å².